The Morgan fingerprint density at radius 2 is 1.37 bits per heavy atom. The Labute approximate surface area is 206 Å². The molecule has 0 aromatic heterocycles. The van der Waals surface area contributed by atoms with Crippen molar-refractivity contribution < 1.29 is 33.8 Å². The fraction of sp³-hybridized carbons (Fsp3) is 0.429. The standard InChI is InChI=1S/C28H34O7/c1-21(23-14-11-15-24(20-23)27(32)22-12-5-2-6-13-22)28(33)35-19-10-4-8-17-26(31)34-18-9-3-7-16-25(29)30/h2,5-6,11-15,20-21H,3-4,7-10,16-19H2,1H3,(H,29,30). The van der Waals surface area contributed by atoms with Gasteiger partial charge >= 0.3 is 17.9 Å². The minimum absolute atomic E-state index is 0.0928. The van der Waals surface area contributed by atoms with Crippen LogP contribution in [0.25, 0.3) is 0 Å². The lowest BCUT2D eigenvalue weighted by Gasteiger charge is -2.13. The van der Waals surface area contributed by atoms with Gasteiger partial charge in [-0.3, -0.25) is 19.2 Å². The van der Waals surface area contributed by atoms with Crippen molar-refractivity contribution in [1.82, 2.24) is 0 Å². The Morgan fingerprint density at radius 1 is 0.743 bits per heavy atom. The molecule has 2 aromatic rings. The number of carbonyl (C=O) groups is 4. The number of benzene rings is 2. The van der Waals surface area contributed by atoms with E-state index in [0.29, 0.717) is 49.8 Å². The average molecular weight is 483 g/mol. The number of aliphatic carboxylic acids is 1. The molecule has 7 nitrogen and oxygen atoms in total. The molecule has 0 amide bonds. The lowest BCUT2D eigenvalue weighted by Crippen LogP contribution is -2.14. The highest BCUT2D eigenvalue weighted by Gasteiger charge is 2.18. The Kier molecular flexibility index (Phi) is 12.2. The molecule has 0 aliphatic carbocycles. The second-order valence-electron chi connectivity index (χ2n) is 8.45. The van der Waals surface area contributed by atoms with Gasteiger partial charge in [0.2, 0.25) is 0 Å². The number of carboxylic acid groups (broad SMARTS) is 1. The first-order valence-corrected chi connectivity index (χ1v) is 12.1. The van der Waals surface area contributed by atoms with Gasteiger partial charge in [-0.25, -0.2) is 0 Å². The van der Waals surface area contributed by atoms with Crippen molar-refractivity contribution in [2.24, 2.45) is 0 Å². The molecule has 0 aliphatic heterocycles. The molecule has 7 heteroatoms. The number of rotatable bonds is 16. The topological polar surface area (TPSA) is 107 Å². The maximum Gasteiger partial charge on any atom is 0.313 e. The maximum absolute atomic E-state index is 12.7. The van der Waals surface area contributed by atoms with Gasteiger partial charge in [-0.05, 0) is 57.1 Å². The Hall–Kier alpha value is -3.48. The molecule has 1 atom stereocenters. The lowest BCUT2D eigenvalue weighted by molar-refractivity contribution is -0.146. The van der Waals surface area contributed by atoms with Crippen LogP contribution in [-0.2, 0) is 23.9 Å². The fourth-order valence-corrected chi connectivity index (χ4v) is 3.50. The second-order valence-corrected chi connectivity index (χ2v) is 8.45. The quantitative estimate of drug-likeness (QED) is 0.196. The van der Waals surface area contributed by atoms with Crippen LogP contribution in [0.1, 0.15) is 85.7 Å². The molecule has 0 saturated carbocycles. The molecule has 0 spiro atoms. The molecule has 35 heavy (non-hydrogen) atoms. The summed E-state index contributed by atoms with van der Waals surface area (Å²) in [6, 6.07) is 16.1. The molecule has 1 N–H and O–H groups in total. The van der Waals surface area contributed by atoms with E-state index in [2.05, 4.69) is 0 Å². The summed E-state index contributed by atoms with van der Waals surface area (Å²) >= 11 is 0. The molecule has 0 radical (unpaired) electrons. The molecule has 2 rings (SSSR count). The van der Waals surface area contributed by atoms with Crippen LogP contribution in [0.2, 0.25) is 0 Å². The molecule has 0 saturated heterocycles. The number of hydrogen-bond acceptors (Lipinski definition) is 6. The molecule has 0 fully saturated rings. The molecule has 0 bridgehead atoms. The third kappa shape index (κ3) is 10.5. The third-order valence-electron chi connectivity index (χ3n) is 5.61. The van der Waals surface area contributed by atoms with Crippen molar-refractivity contribution in [1.29, 1.82) is 0 Å². The van der Waals surface area contributed by atoms with Crippen molar-refractivity contribution in [3.05, 3.63) is 71.3 Å². The van der Waals surface area contributed by atoms with Crippen molar-refractivity contribution in [3.8, 4) is 0 Å². The van der Waals surface area contributed by atoms with E-state index in [-0.39, 0.29) is 30.7 Å². The van der Waals surface area contributed by atoms with E-state index in [1.165, 1.54) is 0 Å². The first-order valence-electron chi connectivity index (χ1n) is 12.1. The average Bonchev–Trinajstić information content (AvgIpc) is 2.87. The van der Waals surface area contributed by atoms with E-state index in [1.807, 2.05) is 24.3 Å². The van der Waals surface area contributed by atoms with Crippen LogP contribution in [0.4, 0.5) is 0 Å². The molecule has 1 unspecified atom stereocenters. The van der Waals surface area contributed by atoms with E-state index in [1.54, 1.807) is 37.3 Å². The van der Waals surface area contributed by atoms with Crippen molar-refractivity contribution in [2.45, 2.75) is 64.2 Å². The van der Waals surface area contributed by atoms with Gasteiger partial charge < -0.3 is 14.6 Å². The summed E-state index contributed by atoms with van der Waals surface area (Å²) in [5, 5.41) is 8.57. The zero-order valence-electron chi connectivity index (χ0n) is 20.2. The zero-order chi connectivity index (χ0) is 25.5. The highest BCUT2D eigenvalue weighted by atomic mass is 16.5. The van der Waals surface area contributed by atoms with E-state index in [4.69, 9.17) is 14.6 Å². The summed E-state index contributed by atoms with van der Waals surface area (Å²) in [6.45, 7) is 2.34. The predicted molar refractivity (Wildman–Crippen MR) is 131 cm³/mol. The number of carbonyl (C=O) groups excluding carboxylic acids is 3. The summed E-state index contributed by atoms with van der Waals surface area (Å²) in [5.74, 6) is -2.02. The van der Waals surface area contributed by atoms with Crippen LogP contribution in [-0.4, -0.2) is 42.0 Å². The van der Waals surface area contributed by atoms with Crippen LogP contribution in [0.5, 0.6) is 0 Å². The lowest BCUT2D eigenvalue weighted by atomic mass is 9.96. The minimum Gasteiger partial charge on any atom is -0.481 e. The second kappa shape index (κ2) is 15.4. The first kappa shape index (κ1) is 27.8. The molecule has 188 valence electrons. The molecular formula is C28H34O7. The number of esters is 2. The number of unbranched alkanes of at least 4 members (excludes halogenated alkanes) is 4. The van der Waals surface area contributed by atoms with Crippen LogP contribution >= 0.6 is 0 Å². The van der Waals surface area contributed by atoms with E-state index < -0.39 is 11.9 Å². The maximum atomic E-state index is 12.7. The molecule has 0 heterocycles. The summed E-state index contributed by atoms with van der Waals surface area (Å²) in [4.78, 5) is 47.3. The van der Waals surface area contributed by atoms with Crippen molar-refractivity contribution in [3.63, 3.8) is 0 Å². The summed E-state index contributed by atoms with van der Waals surface area (Å²) in [6.07, 6.45) is 4.44. The molecular weight excluding hydrogens is 448 g/mol. The normalized spacial score (nSPS) is 11.5. The van der Waals surface area contributed by atoms with Crippen LogP contribution in [0, 0.1) is 0 Å². The van der Waals surface area contributed by atoms with Gasteiger partial charge in [-0.1, -0.05) is 48.5 Å². The number of ketones is 1. The monoisotopic (exact) mass is 482 g/mol. The molecule has 2 aromatic carbocycles. The highest BCUT2D eigenvalue weighted by molar-refractivity contribution is 6.09. The minimum atomic E-state index is -0.813. The number of ether oxygens (including phenoxy) is 2. The summed E-state index contributed by atoms with van der Waals surface area (Å²) in [5.41, 5.74) is 1.85. The number of hydrogen-bond donors (Lipinski definition) is 1. The number of carboxylic acids is 1. The van der Waals surface area contributed by atoms with Crippen LogP contribution in [0.3, 0.4) is 0 Å². The summed E-state index contributed by atoms with van der Waals surface area (Å²) in [7, 11) is 0. The predicted octanol–water partition coefficient (Wildman–Crippen LogP) is 5.31. The fourth-order valence-electron chi connectivity index (χ4n) is 3.50. The largest absolute Gasteiger partial charge is 0.481 e. The van der Waals surface area contributed by atoms with Gasteiger partial charge in [0.05, 0.1) is 19.1 Å². The van der Waals surface area contributed by atoms with Gasteiger partial charge in [0.25, 0.3) is 0 Å². The first-order chi connectivity index (χ1) is 16.9. The van der Waals surface area contributed by atoms with E-state index >= 15 is 0 Å². The Balaban J connectivity index is 1.62. The zero-order valence-corrected chi connectivity index (χ0v) is 20.2. The van der Waals surface area contributed by atoms with Gasteiger partial charge in [0.15, 0.2) is 5.78 Å². The third-order valence-corrected chi connectivity index (χ3v) is 5.61. The summed E-state index contributed by atoms with van der Waals surface area (Å²) < 4.78 is 10.5. The van der Waals surface area contributed by atoms with Crippen molar-refractivity contribution in [2.75, 3.05) is 13.2 Å². The Bertz CT molecular complexity index is 968. The smallest absolute Gasteiger partial charge is 0.313 e. The van der Waals surface area contributed by atoms with Crippen LogP contribution < -0.4 is 0 Å². The Morgan fingerprint density at radius 3 is 2.06 bits per heavy atom. The van der Waals surface area contributed by atoms with Crippen LogP contribution in [0.15, 0.2) is 54.6 Å². The molecule has 0 aliphatic rings. The highest BCUT2D eigenvalue weighted by Crippen LogP contribution is 2.20. The van der Waals surface area contributed by atoms with Gasteiger partial charge in [-0.15, -0.1) is 0 Å². The van der Waals surface area contributed by atoms with E-state index in [9.17, 15) is 19.2 Å². The van der Waals surface area contributed by atoms with Gasteiger partial charge in [-0.2, -0.15) is 0 Å². The van der Waals surface area contributed by atoms with E-state index in [0.717, 1.165) is 18.4 Å². The van der Waals surface area contributed by atoms with Gasteiger partial charge in [0, 0.05) is 24.0 Å². The van der Waals surface area contributed by atoms with Gasteiger partial charge in [0.1, 0.15) is 0 Å². The van der Waals surface area contributed by atoms with Crippen molar-refractivity contribution >= 4 is 23.7 Å². The SMILES string of the molecule is CC(C(=O)OCCCCCC(=O)OCCCCCC(=O)O)c1cccc(C(=O)c2ccccc2)c1.